The highest BCUT2D eigenvalue weighted by Crippen LogP contribution is 2.28. The van der Waals surface area contributed by atoms with Gasteiger partial charge in [-0.2, -0.15) is 20.2 Å². The molecule has 2 aromatic carbocycles. The van der Waals surface area contributed by atoms with E-state index in [-0.39, 0.29) is 65.7 Å². The molecule has 69 heavy (non-hydrogen) atoms. The van der Waals surface area contributed by atoms with Gasteiger partial charge in [0, 0.05) is 44.4 Å². The first-order chi connectivity index (χ1) is 33.1. The van der Waals surface area contributed by atoms with E-state index in [1.807, 2.05) is 13.8 Å². The molecule has 5 atom stereocenters. The molecule has 1 aliphatic heterocycles. The van der Waals surface area contributed by atoms with Crippen LogP contribution in [-0.2, 0) is 35.7 Å². The molecule has 1 saturated heterocycles. The number of nitrogens with one attached hydrogen (secondary N) is 3. The lowest BCUT2D eigenvalue weighted by Gasteiger charge is -2.42. The van der Waals surface area contributed by atoms with Crippen LogP contribution in [0, 0.1) is 13.8 Å². The van der Waals surface area contributed by atoms with E-state index in [0.717, 1.165) is 0 Å². The lowest BCUT2D eigenvalue weighted by molar-refractivity contribution is -0.263. The van der Waals surface area contributed by atoms with Gasteiger partial charge in [-0.05, 0) is 77.1 Å². The Labute approximate surface area is 393 Å². The summed E-state index contributed by atoms with van der Waals surface area (Å²) in [4.78, 5) is 67.7. The predicted octanol–water partition coefficient (Wildman–Crippen LogP) is 0.0593. The number of benzene rings is 2. The fourth-order valence-electron chi connectivity index (χ4n) is 8.24. The second kappa shape index (κ2) is 21.4. The molecule has 368 valence electrons. The first-order valence-electron chi connectivity index (χ1n) is 22.2. The molecule has 6 aromatic rings. The van der Waals surface area contributed by atoms with Crippen LogP contribution in [0.2, 0.25) is 0 Å². The highest BCUT2D eigenvalue weighted by molar-refractivity contribution is 5.99. The Kier molecular flexibility index (Phi) is 15.4. The molecule has 10 N–H and O–H groups in total. The van der Waals surface area contributed by atoms with Gasteiger partial charge in [0.2, 0.25) is 23.1 Å². The van der Waals surface area contributed by atoms with Crippen molar-refractivity contribution in [2.45, 2.75) is 90.9 Å². The number of aliphatic hydroxyl groups is 3. The number of primary amides is 2. The van der Waals surface area contributed by atoms with E-state index in [1.165, 1.54) is 32.4 Å². The van der Waals surface area contributed by atoms with Crippen molar-refractivity contribution in [3.05, 3.63) is 93.7 Å². The number of aromatic amines is 2. The van der Waals surface area contributed by atoms with Crippen LogP contribution in [0.15, 0.2) is 58.5 Å². The molecule has 5 heterocycles. The fourth-order valence-corrected chi connectivity index (χ4v) is 8.24. The molecule has 24 nitrogen and oxygen atoms in total. The summed E-state index contributed by atoms with van der Waals surface area (Å²) in [6, 6.07) is 8.51. The highest BCUT2D eigenvalue weighted by Gasteiger charge is 2.44. The fraction of sp³-hybridized carbons (Fsp3) is 0.422. The number of hydrogen-bond acceptors (Lipinski definition) is 14. The van der Waals surface area contributed by atoms with Crippen LogP contribution >= 0.6 is 0 Å². The summed E-state index contributed by atoms with van der Waals surface area (Å²) >= 11 is 0. The maximum Gasteiger partial charge on any atom is 0.298 e. The average molecular weight is 956 g/mol. The van der Waals surface area contributed by atoms with Crippen LogP contribution < -0.4 is 37.5 Å². The summed E-state index contributed by atoms with van der Waals surface area (Å²) in [5.74, 6) is -2.05. The Balaban J connectivity index is 1.26. The normalized spacial score (nSPS) is 19.1. The minimum atomic E-state index is -1.36. The van der Waals surface area contributed by atoms with E-state index < -0.39 is 60.9 Å². The van der Waals surface area contributed by atoms with Crippen molar-refractivity contribution in [1.82, 2.24) is 44.0 Å². The number of H-pyrrole nitrogens is 2. The van der Waals surface area contributed by atoms with Gasteiger partial charge in [0.1, 0.15) is 52.2 Å². The Morgan fingerprint density at radius 3 is 1.77 bits per heavy atom. The highest BCUT2D eigenvalue weighted by atomic mass is 16.7. The predicted molar refractivity (Wildman–Crippen MR) is 247 cm³/mol. The monoisotopic (exact) mass is 955 g/mol. The van der Waals surface area contributed by atoms with Crippen LogP contribution in [0.1, 0.15) is 73.3 Å². The minimum absolute atomic E-state index is 0.0768. The van der Waals surface area contributed by atoms with Crippen molar-refractivity contribution in [2.24, 2.45) is 21.5 Å². The van der Waals surface area contributed by atoms with Crippen LogP contribution in [0.25, 0.3) is 22.1 Å². The lowest BCUT2D eigenvalue weighted by Crippen LogP contribution is -2.63. The van der Waals surface area contributed by atoms with Crippen molar-refractivity contribution >= 4 is 45.7 Å². The number of aliphatic hydroxyl groups excluding tert-OH is 3. The van der Waals surface area contributed by atoms with Gasteiger partial charge in [0.15, 0.2) is 6.29 Å². The van der Waals surface area contributed by atoms with Gasteiger partial charge in [0.25, 0.3) is 11.8 Å². The number of ether oxygens (including phenoxy) is 4. The van der Waals surface area contributed by atoms with Gasteiger partial charge in [-0.15, -0.1) is 0 Å². The summed E-state index contributed by atoms with van der Waals surface area (Å²) in [5, 5.41) is 42.7. The summed E-state index contributed by atoms with van der Waals surface area (Å²) in [7, 11) is 2.83. The number of hydrogen-bond donors (Lipinski definition) is 8. The largest absolute Gasteiger partial charge is 0.494 e. The number of rotatable bonds is 19. The van der Waals surface area contributed by atoms with E-state index in [0.29, 0.717) is 58.7 Å². The van der Waals surface area contributed by atoms with Gasteiger partial charge in [0.05, 0.1) is 48.8 Å². The number of carbonyl (C=O) groups excluding carboxylic acids is 4. The SMILES string of the molecule is CCn1nc(C)cc1C(=O)/N=c1/[nH]c2cc(C(N)=O)cc(OC)c2n1C/C=C/Cn1/c(=N/C(=O)c2cc(C)nn2CC)[nH]c2cc(C(N)=O)cc(OCCCN[C@H]3[C@@H](OC)O[C@H](CO)[C@@H](O)[C@@H]3O)c21. The molecule has 0 spiro atoms. The molecule has 0 unspecified atom stereocenters. The Hall–Kier alpha value is -7.22. The molecular weight excluding hydrogens is 899 g/mol. The van der Waals surface area contributed by atoms with Gasteiger partial charge < -0.3 is 70.2 Å². The molecular formula is C45H57N13O11. The van der Waals surface area contributed by atoms with Crippen LogP contribution in [0.4, 0.5) is 0 Å². The number of allylic oxidation sites excluding steroid dienone is 2. The summed E-state index contributed by atoms with van der Waals surface area (Å²) < 4.78 is 29.5. The van der Waals surface area contributed by atoms with Crippen LogP contribution in [0.3, 0.4) is 0 Å². The summed E-state index contributed by atoms with van der Waals surface area (Å²) in [6.07, 6.45) is -0.701. The molecule has 0 aliphatic carbocycles. The second-order valence-corrected chi connectivity index (χ2v) is 16.2. The lowest BCUT2D eigenvalue weighted by atomic mass is 9.97. The molecule has 0 bridgehead atoms. The number of amides is 4. The van der Waals surface area contributed by atoms with Crippen molar-refractivity contribution in [3.63, 3.8) is 0 Å². The number of nitrogens with zero attached hydrogens (tertiary/aromatic N) is 8. The quantitative estimate of drug-likeness (QED) is 0.0393. The van der Waals surface area contributed by atoms with Gasteiger partial charge in [-0.1, -0.05) is 12.2 Å². The van der Waals surface area contributed by atoms with E-state index in [2.05, 4.69) is 35.5 Å². The smallest absolute Gasteiger partial charge is 0.298 e. The van der Waals surface area contributed by atoms with Crippen molar-refractivity contribution < 1.29 is 53.4 Å². The maximum absolute atomic E-state index is 13.9. The van der Waals surface area contributed by atoms with Gasteiger partial charge in [-0.3, -0.25) is 28.5 Å². The first kappa shape index (κ1) is 49.7. The number of aromatic nitrogens is 8. The third-order valence-electron chi connectivity index (χ3n) is 11.6. The number of methoxy groups -OCH3 is 2. The maximum atomic E-state index is 13.9. The van der Waals surface area contributed by atoms with Crippen molar-refractivity contribution in [2.75, 3.05) is 34.0 Å². The molecule has 7 rings (SSSR count). The first-order valence-corrected chi connectivity index (χ1v) is 22.2. The van der Waals surface area contributed by atoms with E-state index in [9.17, 15) is 34.5 Å². The van der Waals surface area contributed by atoms with Crippen LogP contribution in [0.5, 0.6) is 11.5 Å². The topological polar surface area (TPSA) is 332 Å². The number of nitrogens with two attached hydrogens (primary N) is 2. The van der Waals surface area contributed by atoms with Gasteiger partial charge >= 0.3 is 0 Å². The molecule has 0 radical (unpaired) electrons. The Bertz CT molecular complexity index is 3060. The zero-order valence-electron chi connectivity index (χ0n) is 39.0. The molecule has 1 fully saturated rings. The summed E-state index contributed by atoms with van der Waals surface area (Å²) in [5.41, 5.74) is 15.5. The molecule has 4 amide bonds. The van der Waals surface area contributed by atoms with E-state index in [4.69, 9.17) is 30.4 Å². The van der Waals surface area contributed by atoms with Crippen LogP contribution in [-0.4, -0.2) is 142 Å². The van der Waals surface area contributed by atoms with Crippen molar-refractivity contribution in [1.29, 1.82) is 0 Å². The van der Waals surface area contributed by atoms with E-state index in [1.54, 1.807) is 62.7 Å². The molecule has 0 saturated carbocycles. The summed E-state index contributed by atoms with van der Waals surface area (Å²) in [6.45, 7) is 8.13. The molecule has 1 aliphatic rings. The molecule has 24 heteroatoms. The average Bonchev–Trinajstić information content (AvgIpc) is 4.10. The number of fused-ring (bicyclic) bond motifs is 2. The van der Waals surface area contributed by atoms with Gasteiger partial charge in [-0.25, -0.2) is 0 Å². The Morgan fingerprint density at radius 1 is 0.797 bits per heavy atom. The number of aryl methyl sites for hydroxylation is 4. The van der Waals surface area contributed by atoms with Crippen molar-refractivity contribution in [3.8, 4) is 11.5 Å². The number of imidazole rings is 2. The third kappa shape index (κ3) is 10.4. The third-order valence-corrected chi connectivity index (χ3v) is 11.6. The van der Waals surface area contributed by atoms with E-state index >= 15 is 0 Å². The second-order valence-electron chi connectivity index (χ2n) is 16.2. The minimum Gasteiger partial charge on any atom is -0.494 e. The zero-order chi connectivity index (χ0) is 49.7. The standard InChI is InChI=1S/C45H57N13O11/c1-7-57-29(16-23(3)53-57)41(64)51-44-49-27-18-25(39(46)62)20-31(66-5)35(27)55(44)13-9-10-14-56-36-28(50-45(56)52-42(65)30-17-24(4)54-58(30)8-2)19-26(40(47)63)21-32(36)68-15-11-12-48-34-38(61)37(60)33(22-59)69-43(34)67-6/h9-10,16-21,33-34,37-38,43,48,59-61H,7-8,11-15,22H2,1-6H3,(H2,46,62)(H2,47,63)(H,49,51,64)(H,50,52,65)/b10-9+/t33-,34-,37-,38-,43+/m1/s1. The Morgan fingerprint density at radius 2 is 1.30 bits per heavy atom. The zero-order valence-corrected chi connectivity index (χ0v) is 39.0. The molecule has 4 aromatic heterocycles. The number of carbonyl (C=O) groups is 4.